The topological polar surface area (TPSA) is 121 Å². The molecule has 0 aromatic carbocycles. The summed E-state index contributed by atoms with van der Waals surface area (Å²) in [6.45, 7) is 25.9. The molecule has 0 fully saturated rings. The lowest BCUT2D eigenvalue weighted by Gasteiger charge is -2.34. The fourth-order valence-corrected chi connectivity index (χ4v) is 3.51. The summed E-state index contributed by atoms with van der Waals surface area (Å²) < 4.78 is 0. The number of Topliss-reactive ketones (excluding diaryl/α,β-unsaturated/α-hetero) is 4. The first kappa shape index (κ1) is 39.6. The van der Waals surface area contributed by atoms with Gasteiger partial charge in [-0.1, -0.05) is 83.1 Å². The number of amides is 2. The van der Waals surface area contributed by atoms with Crippen LogP contribution >= 0.6 is 0 Å². The van der Waals surface area contributed by atoms with Gasteiger partial charge in [0, 0.05) is 33.6 Å². The van der Waals surface area contributed by atoms with E-state index in [1.807, 2.05) is 20.8 Å². The highest BCUT2D eigenvalue weighted by molar-refractivity contribution is 5.96. The lowest BCUT2D eigenvalue weighted by Crippen LogP contribution is -2.56. The van der Waals surface area contributed by atoms with Gasteiger partial charge in [-0.2, -0.15) is 0 Å². The molecule has 2 amide bonds. The monoisotopic (exact) mass is 593 g/mol. The minimum absolute atomic E-state index is 0.0583. The average molecular weight is 594 g/mol. The number of ketones is 4. The van der Waals surface area contributed by atoms with Crippen molar-refractivity contribution in [3.63, 3.8) is 0 Å². The van der Waals surface area contributed by atoms with Gasteiger partial charge >= 0.3 is 0 Å². The van der Waals surface area contributed by atoms with Crippen molar-refractivity contribution >= 4 is 34.9 Å². The molecule has 0 aromatic rings. The molecule has 0 aliphatic carbocycles. The highest BCUT2D eigenvalue weighted by Gasteiger charge is 2.36. The molecule has 1 unspecified atom stereocenters. The van der Waals surface area contributed by atoms with Gasteiger partial charge in [0.2, 0.25) is 11.8 Å². The third-order valence-electron chi connectivity index (χ3n) is 6.90. The molecule has 0 aliphatic rings. The zero-order valence-electron chi connectivity index (χ0n) is 29.2. The third kappa shape index (κ3) is 14.2. The van der Waals surface area contributed by atoms with E-state index in [2.05, 4.69) is 5.32 Å². The SMILES string of the molecule is CC(C)(C)NC(CCC(=O)N(CC(=O)C(C)(C)C)CC(=O)C(C)(C)C)C(=O)N(CC(=O)C(C)(C)C)CC(=O)C(C)(C)C. The highest BCUT2D eigenvalue weighted by Crippen LogP contribution is 2.22. The van der Waals surface area contributed by atoms with E-state index in [-0.39, 0.29) is 62.2 Å². The van der Waals surface area contributed by atoms with E-state index >= 15 is 0 Å². The third-order valence-corrected chi connectivity index (χ3v) is 6.90. The molecule has 9 nitrogen and oxygen atoms in total. The van der Waals surface area contributed by atoms with E-state index in [4.69, 9.17) is 0 Å². The number of carbonyl (C=O) groups excluding carboxylic acids is 6. The van der Waals surface area contributed by atoms with E-state index < -0.39 is 45.1 Å². The van der Waals surface area contributed by atoms with E-state index in [9.17, 15) is 28.8 Å². The number of hydrogen-bond donors (Lipinski definition) is 1. The Morgan fingerprint density at radius 2 is 0.786 bits per heavy atom. The molecule has 1 atom stereocenters. The molecule has 9 heteroatoms. The molecule has 242 valence electrons. The zero-order chi connectivity index (χ0) is 33.6. The molecule has 1 N–H and O–H groups in total. The Morgan fingerprint density at radius 1 is 0.500 bits per heavy atom. The Labute approximate surface area is 254 Å². The van der Waals surface area contributed by atoms with Gasteiger partial charge < -0.3 is 15.1 Å². The molecular formula is C33H59N3O6. The maximum atomic E-state index is 14.0. The first-order chi connectivity index (χ1) is 18.5. The van der Waals surface area contributed by atoms with Crippen LogP contribution in [0.1, 0.15) is 117 Å². The quantitative estimate of drug-likeness (QED) is 0.330. The lowest BCUT2D eigenvalue weighted by molar-refractivity contribution is -0.144. The van der Waals surface area contributed by atoms with Crippen molar-refractivity contribution in [1.82, 2.24) is 15.1 Å². The van der Waals surface area contributed by atoms with Gasteiger partial charge in [0.05, 0.1) is 32.2 Å². The van der Waals surface area contributed by atoms with Crippen molar-refractivity contribution in [3.8, 4) is 0 Å². The number of carbonyl (C=O) groups is 6. The molecule has 0 saturated heterocycles. The Balaban J connectivity index is 6.29. The van der Waals surface area contributed by atoms with Crippen LogP contribution in [-0.4, -0.2) is 82.5 Å². The number of nitrogens with one attached hydrogen (secondary N) is 1. The zero-order valence-corrected chi connectivity index (χ0v) is 29.2. The van der Waals surface area contributed by atoms with Crippen LogP contribution in [0, 0.1) is 21.7 Å². The van der Waals surface area contributed by atoms with Crippen LogP contribution in [0.15, 0.2) is 0 Å². The van der Waals surface area contributed by atoms with Gasteiger partial charge in [-0.25, -0.2) is 0 Å². The molecule has 0 radical (unpaired) electrons. The largest absolute Gasteiger partial charge is 0.328 e. The standard InChI is InChI=1S/C33H59N3O6/c1-29(2,3)23(37)18-35(19-24(38)30(4,5)6)27(41)17-16-22(34-33(13,14)15)28(42)36(20-25(39)31(7,8)9)21-26(40)32(10,11)12/h22,34H,16-21H2,1-15H3. The summed E-state index contributed by atoms with van der Waals surface area (Å²) in [7, 11) is 0. The normalized spacial score (nSPS) is 13.8. The van der Waals surface area contributed by atoms with Gasteiger partial charge in [0.15, 0.2) is 23.1 Å². The maximum absolute atomic E-state index is 14.0. The van der Waals surface area contributed by atoms with Crippen LogP contribution in [0.4, 0.5) is 0 Å². The summed E-state index contributed by atoms with van der Waals surface area (Å²) in [5.74, 6) is -1.58. The summed E-state index contributed by atoms with van der Waals surface area (Å²) in [4.78, 5) is 81.8. The molecule has 0 bridgehead atoms. The van der Waals surface area contributed by atoms with E-state index in [1.165, 1.54) is 9.80 Å². The molecule has 0 aliphatic heterocycles. The van der Waals surface area contributed by atoms with E-state index in [1.54, 1.807) is 83.1 Å². The molecule has 0 saturated carbocycles. The first-order valence-corrected chi connectivity index (χ1v) is 14.9. The Bertz CT molecular complexity index is 955. The van der Waals surface area contributed by atoms with E-state index in [0.29, 0.717) is 0 Å². The lowest BCUT2D eigenvalue weighted by atomic mass is 9.88. The molecule has 0 heterocycles. The second-order valence-electron chi connectivity index (χ2n) is 16.6. The maximum Gasteiger partial charge on any atom is 0.240 e. The van der Waals surface area contributed by atoms with Crippen molar-refractivity contribution in [1.29, 1.82) is 0 Å². The molecule has 0 spiro atoms. The van der Waals surface area contributed by atoms with Crippen LogP contribution in [0.25, 0.3) is 0 Å². The van der Waals surface area contributed by atoms with Crippen molar-refractivity contribution in [2.75, 3.05) is 26.2 Å². The van der Waals surface area contributed by atoms with Crippen molar-refractivity contribution in [3.05, 3.63) is 0 Å². The van der Waals surface area contributed by atoms with Crippen LogP contribution < -0.4 is 5.32 Å². The van der Waals surface area contributed by atoms with Crippen LogP contribution in [0.2, 0.25) is 0 Å². The second kappa shape index (κ2) is 14.4. The molecule has 0 aromatic heterocycles. The predicted molar refractivity (Wildman–Crippen MR) is 167 cm³/mol. The Hall–Kier alpha value is -2.42. The fourth-order valence-electron chi connectivity index (χ4n) is 3.51. The minimum Gasteiger partial charge on any atom is -0.328 e. The number of rotatable bonds is 13. The second-order valence-corrected chi connectivity index (χ2v) is 16.6. The van der Waals surface area contributed by atoms with Gasteiger partial charge in [-0.15, -0.1) is 0 Å². The number of hydrogen-bond acceptors (Lipinski definition) is 7. The first-order valence-electron chi connectivity index (χ1n) is 14.9. The Morgan fingerprint density at radius 3 is 1.05 bits per heavy atom. The summed E-state index contributed by atoms with van der Waals surface area (Å²) in [6.07, 6.45) is -0.0502. The van der Waals surface area contributed by atoms with Crippen LogP contribution in [0.3, 0.4) is 0 Å². The van der Waals surface area contributed by atoms with Crippen molar-refractivity contribution in [2.45, 2.75) is 128 Å². The van der Waals surface area contributed by atoms with Crippen LogP contribution in [-0.2, 0) is 28.8 Å². The van der Waals surface area contributed by atoms with Gasteiger partial charge in [-0.3, -0.25) is 28.8 Å². The fraction of sp³-hybridized carbons (Fsp3) is 0.818. The van der Waals surface area contributed by atoms with Gasteiger partial charge in [0.1, 0.15) is 0 Å². The van der Waals surface area contributed by atoms with Crippen molar-refractivity contribution < 1.29 is 28.8 Å². The van der Waals surface area contributed by atoms with Gasteiger partial charge in [-0.05, 0) is 27.2 Å². The summed E-state index contributed by atoms with van der Waals surface area (Å²) >= 11 is 0. The minimum atomic E-state index is -0.882. The summed E-state index contributed by atoms with van der Waals surface area (Å²) in [5.41, 5.74) is -3.36. The molecular weight excluding hydrogens is 534 g/mol. The van der Waals surface area contributed by atoms with E-state index in [0.717, 1.165) is 0 Å². The van der Waals surface area contributed by atoms with Crippen molar-refractivity contribution in [2.24, 2.45) is 21.7 Å². The summed E-state index contributed by atoms with van der Waals surface area (Å²) in [5, 5.41) is 3.27. The molecule has 42 heavy (non-hydrogen) atoms. The smallest absolute Gasteiger partial charge is 0.240 e. The predicted octanol–water partition coefficient (Wildman–Crippen LogP) is 4.64. The average Bonchev–Trinajstić information content (AvgIpc) is 2.76. The number of nitrogens with zero attached hydrogens (tertiary/aromatic N) is 2. The van der Waals surface area contributed by atoms with Gasteiger partial charge in [0.25, 0.3) is 0 Å². The summed E-state index contributed by atoms with van der Waals surface area (Å²) in [6, 6.07) is -0.882. The Kier molecular flexibility index (Phi) is 13.5. The van der Waals surface area contributed by atoms with Crippen LogP contribution in [0.5, 0.6) is 0 Å². The highest BCUT2D eigenvalue weighted by atomic mass is 16.2. The molecule has 0 rings (SSSR count).